The molecule has 3 N–H and O–H groups in total. The van der Waals surface area contributed by atoms with E-state index in [0.717, 1.165) is 37.7 Å². The van der Waals surface area contributed by atoms with Crippen molar-refractivity contribution in [3.63, 3.8) is 0 Å². The highest BCUT2D eigenvalue weighted by atomic mass is 16.5. The zero-order valence-electron chi connectivity index (χ0n) is 11.3. The standard InChI is InChI=1S/C13H21N5O/c1-18(10-4-6-19-7-5-10)12-8-11(17-14)15-13(16-12)9-2-3-9/h8-10H,2-7,14H2,1H3,(H,15,16,17). The van der Waals surface area contributed by atoms with E-state index in [1.807, 2.05) is 6.07 Å². The molecule has 1 saturated carbocycles. The lowest BCUT2D eigenvalue weighted by atomic mass is 10.1. The summed E-state index contributed by atoms with van der Waals surface area (Å²) in [6, 6.07) is 2.41. The van der Waals surface area contributed by atoms with Crippen LogP contribution in [0.2, 0.25) is 0 Å². The second kappa shape index (κ2) is 5.30. The van der Waals surface area contributed by atoms with Crippen LogP contribution in [0.3, 0.4) is 0 Å². The Bertz CT molecular complexity index is 443. The van der Waals surface area contributed by atoms with Crippen LogP contribution < -0.4 is 16.2 Å². The third-order valence-corrected chi connectivity index (χ3v) is 3.92. The van der Waals surface area contributed by atoms with Crippen LogP contribution in [0.4, 0.5) is 11.6 Å². The molecule has 0 amide bonds. The second-order valence-corrected chi connectivity index (χ2v) is 5.34. The summed E-state index contributed by atoms with van der Waals surface area (Å²) >= 11 is 0. The minimum atomic E-state index is 0.487. The van der Waals surface area contributed by atoms with E-state index in [9.17, 15) is 0 Å². The molecule has 3 rings (SSSR count). The van der Waals surface area contributed by atoms with E-state index >= 15 is 0 Å². The highest BCUT2D eigenvalue weighted by Gasteiger charge is 2.28. The molecular weight excluding hydrogens is 242 g/mol. The zero-order chi connectivity index (χ0) is 13.2. The van der Waals surface area contributed by atoms with E-state index in [0.29, 0.717) is 17.8 Å². The van der Waals surface area contributed by atoms with Gasteiger partial charge < -0.3 is 15.1 Å². The van der Waals surface area contributed by atoms with Crippen molar-refractivity contribution in [2.24, 2.45) is 5.84 Å². The number of aromatic nitrogens is 2. The molecule has 1 aliphatic carbocycles. The molecule has 1 aromatic heterocycles. The summed E-state index contributed by atoms with van der Waals surface area (Å²) in [5, 5.41) is 0. The van der Waals surface area contributed by atoms with Gasteiger partial charge in [-0.1, -0.05) is 0 Å². The number of nitrogen functional groups attached to an aromatic ring is 1. The maximum absolute atomic E-state index is 5.51. The summed E-state index contributed by atoms with van der Waals surface area (Å²) < 4.78 is 5.41. The maximum atomic E-state index is 5.51. The third-order valence-electron chi connectivity index (χ3n) is 3.92. The van der Waals surface area contributed by atoms with Gasteiger partial charge in [-0.15, -0.1) is 0 Å². The molecule has 0 atom stereocenters. The number of anilines is 2. The van der Waals surface area contributed by atoms with Gasteiger partial charge in [-0.3, -0.25) is 0 Å². The van der Waals surface area contributed by atoms with Gasteiger partial charge in [-0.05, 0) is 25.7 Å². The second-order valence-electron chi connectivity index (χ2n) is 5.34. The molecule has 19 heavy (non-hydrogen) atoms. The lowest BCUT2D eigenvalue weighted by Gasteiger charge is -2.32. The normalized spacial score (nSPS) is 20.3. The number of nitrogens with one attached hydrogen (secondary N) is 1. The Morgan fingerprint density at radius 1 is 1.26 bits per heavy atom. The van der Waals surface area contributed by atoms with Gasteiger partial charge in [0.2, 0.25) is 0 Å². The summed E-state index contributed by atoms with van der Waals surface area (Å²) in [5.74, 6) is 8.61. The fraction of sp³-hybridized carbons (Fsp3) is 0.692. The number of rotatable bonds is 4. The zero-order valence-corrected chi connectivity index (χ0v) is 11.3. The topological polar surface area (TPSA) is 76.3 Å². The molecule has 2 aliphatic rings. The predicted molar refractivity (Wildman–Crippen MR) is 74.1 cm³/mol. The van der Waals surface area contributed by atoms with Crippen molar-refractivity contribution < 1.29 is 4.74 Å². The third kappa shape index (κ3) is 2.79. The van der Waals surface area contributed by atoms with E-state index in [1.165, 1.54) is 12.8 Å². The minimum Gasteiger partial charge on any atom is -0.381 e. The summed E-state index contributed by atoms with van der Waals surface area (Å²) in [4.78, 5) is 11.4. The van der Waals surface area contributed by atoms with Crippen LogP contribution in [-0.2, 0) is 4.74 Å². The van der Waals surface area contributed by atoms with Crippen molar-refractivity contribution in [3.8, 4) is 0 Å². The summed E-state index contributed by atoms with van der Waals surface area (Å²) in [6.07, 6.45) is 4.47. The first-order valence-corrected chi connectivity index (χ1v) is 6.94. The van der Waals surface area contributed by atoms with E-state index in [1.54, 1.807) is 0 Å². The molecule has 0 spiro atoms. The van der Waals surface area contributed by atoms with Crippen molar-refractivity contribution >= 4 is 11.6 Å². The first-order chi connectivity index (χ1) is 9.28. The Kier molecular flexibility index (Phi) is 3.52. The predicted octanol–water partition coefficient (Wildman–Crippen LogP) is 1.25. The van der Waals surface area contributed by atoms with Crippen LogP contribution in [0.25, 0.3) is 0 Å². The summed E-state index contributed by atoms with van der Waals surface area (Å²) in [5.41, 5.74) is 2.65. The van der Waals surface area contributed by atoms with Gasteiger partial charge >= 0.3 is 0 Å². The highest BCUT2D eigenvalue weighted by molar-refractivity contribution is 5.49. The van der Waals surface area contributed by atoms with Gasteiger partial charge in [0.05, 0.1) is 0 Å². The van der Waals surface area contributed by atoms with Crippen molar-refractivity contribution in [2.45, 2.75) is 37.6 Å². The van der Waals surface area contributed by atoms with Gasteiger partial charge in [-0.25, -0.2) is 15.8 Å². The van der Waals surface area contributed by atoms with E-state index in [2.05, 4.69) is 22.4 Å². The lowest BCUT2D eigenvalue weighted by molar-refractivity contribution is 0.0853. The first kappa shape index (κ1) is 12.6. The molecule has 6 nitrogen and oxygen atoms in total. The number of hydrogen-bond donors (Lipinski definition) is 2. The average molecular weight is 263 g/mol. The molecule has 2 heterocycles. The Morgan fingerprint density at radius 3 is 2.63 bits per heavy atom. The van der Waals surface area contributed by atoms with Crippen LogP contribution in [0.5, 0.6) is 0 Å². The summed E-state index contributed by atoms with van der Waals surface area (Å²) in [6.45, 7) is 1.66. The number of hydrazine groups is 1. The fourth-order valence-corrected chi connectivity index (χ4v) is 2.49. The quantitative estimate of drug-likeness (QED) is 0.629. The smallest absolute Gasteiger partial charge is 0.145 e. The monoisotopic (exact) mass is 263 g/mol. The number of nitrogens with two attached hydrogens (primary N) is 1. The molecule has 104 valence electrons. The number of ether oxygens (including phenoxy) is 1. The van der Waals surface area contributed by atoms with Crippen LogP contribution >= 0.6 is 0 Å². The average Bonchev–Trinajstić information content (AvgIpc) is 3.31. The van der Waals surface area contributed by atoms with Gasteiger partial charge in [0, 0.05) is 38.3 Å². The SMILES string of the molecule is CN(c1cc(NN)nc(C2CC2)n1)C1CCOCC1. The Morgan fingerprint density at radius 2 is 2.00 bits per heavy atom. The van der Waals surface area contributed by atoms with Crippen LogP contribution in [0.15, 0.2) is 6.07 Å². The largest absolute Gasteiger partial charge is 0.381 e. The number of hydrogen-bond acceptors (Lipinski definition) is 6. The molecular formula is C13H21N5O. The van der Waals surface area contributed by atoms with Crippen LogP contribution in [0, 0.1) is 0 Å². The Hall–Kier alpha value is -1.40. The maximum Gasteiger partial charge on any atom is 0.145 e. The molecule has 0 aromatic carbocycles. The molecule has 0 unspecified atom stereocenters. The van der Waals surface area contributed by atoms with Gasteiger partial charge in [-0.2, -0.15) is 0 Å². The summed E-state index contributed by atoms with van der Waals surface area (Å²) in [7, 11) is 2.09. The van der Waals surface area contributed by atoms with E-state index in [-0.39, 0.29) is 0 Å². The van der Waals surface area contributed by atoms with Crippen molar-refractivity contribution in [3.05, 3.63) is 11.9 Å². The molecule has 0 radical (unpaired) electrons. The van der Waals surface area contributed by atoms with Gasteiger partial charge in [0.25, 0.3) is 0 Å². The molecule has 2 fully saturated rings. The Labute approximate surface area is 113 Å². The number of nitrogens with zero attached hydrogens (tertiary/aromatic N) is 3. The van der Waals surface area contributed by atoms with E-state index < -0.39 is 0 Å². The van der Waals surface area contributed by atoms with Gasteiger partial charge in [0.1, 0.15) is 17.5 Å². The van der Waals surface area contributed by atoms with Crippen molar-refractivity contribution in [1.82, 2.24) is 9.97 Å². The molecule has 0 bridgehead atoms. The lowest BCUT2D eigenvalue weighted by Crippen LogP contribution is -2.37. The van der Waals surface area contributed by atoms with Crippen molar-refractivity contribution in [2.75, 3.05) is 30.6 Å². The molecule has 6 heteroatoms. The molecule has 1 aliphatic heterocycles. The fourth-order valence-electron chi connectivity index (χ4n) is 2.49. The van der Waals surface area contributed by atoms with Gasteiger partial charge in [0.15, 0.2) is 0 Å². The minimum absolute atomic E-state index is 0.487. The highest BCUT2D eigenvalue weighted by Crippen LogP contribution is 2.39. The van der Waals surface area contributed by atoms with E-state index in [4.69, 9.17) is 15.6 Å². The van der Waals surface area contributed by atoms with Crippen LogP contribution in [0.1, 0.15) is 37.4 Å². The molecule has 1 aromatic rings. The molecule has 1 saturated heterocycles. The van der Waals surface area contributed by atoms with Crippen LogP contribution in [-0.4, -0.2) is 36.3 Å². The Balaban J connectivity index is 1.83. The first-order valence-electron chi connectivity index (χ1n) is 6.94. The van der Waals surface area contributed by atoms with Crippen molar-refractivity contribution in [1.29, 1.82) is 0 Å².